The monoisotopic (exact) mass is 583 g/mol. The molecule has 0 bridgehead atoms. The summed E-state index contributed by atoms with van der Waals surface area (Å²) in [4.78, 5) is 55.9. The predicted octanol–water partition coefficient (Wildman–Crippen LogP) is 3.13. The van der Waals surface area contributed by atoms with Gasteiger partial charge < -0.3 is 30.1 Å². The standard InChI is InChI=1S/C30H41N5O7/c1-22(36)31-16-20-34(17-7-6-12-25-14-13-24-11-8-18-35(30(39)40)27(24)32-25)19-15-26(28(37)41-2)33-29(38)42-21-23-9-4-3-5-10-23/h3-5,9-10,13-14,26H,6-8,11-12,15-21H2,1-2H3,(H,31,36)(H,33,38)(H,39,40)/t26-/m0/s1. The minimum Gasteiger partial charge on any atom is -0.467 e. The fraction of sp³-hybridized carbons (Fsp3) is 0.500. The Bertz CT molecular complexity index is 1190. The highest BCUT2D eigenvalue weighted by molar-refractivity contribution is 5.86. The average Bonchev–Trinajstić information content (AvgIpc) is 2.99. The summed E-state index contributed by atoms with van der Waals surface area (Å²) in [6.07, 6.45) is 2.54. The number of esters is 1. The highest BCUT2D eigenvalue weighted by Crippen LogP contribution is 2.25. The first kappa shape index (κ1) is 32.3. The molecule has 0 radical (unpaired) electrons. The van der Waals surface area contributed by atoms with Crippen molar-refractivity contribution in [2.45, 2.75) is 58.1 Å². The third kappa shape index (κ3) is 10.7. The molecule has 0 fully saturated rings. The van der Waals surface area contributed by atoms with Crippen molar-refractivity contribution in [3.05, 3.63) is 59.3 Å². The first-order valence-electron chi connectivity index (χ1n) is 14.3. The molecule has 0 spiro atoms. The number of nitrogens with zero attached hydrogens (tertiary/aromatic N) is 3. The van der Waals surface area contributed by atoms with E-state index in [4.69, 9.17) is 9.47 Å². The van der Waals surface area contributed by atoms with Crippen LogP contribution < -0.4 is 15.5 Å². The summed E-state index contributed by atoms with van der Waals surface area (Å²) in [6.45, 7) is 4.17. The molecule has 3 N–H and O–H groups in total. The number of pyridine rings is 1. The van der Waals surface area contributed by atoms with Gasteiger partial charge in [0, 0.05) is 38.8 Å². The molecule has 228 valence electrons. The maximum absolute atomic E-state index is 12.4. The topological polar surface area (TPSA) is 150 Å². The molecular weight excluding hydrogens is 542 g/mol. The van der Waals surface area contributed by atoms with Gasteiger partial charge in [0.25, 0.3) is 0 Å². The van der Waals surface area contributed by atoms with Gasteiger partial charge in [-0.2, -0.15) is 0 Å². The molecule has 12 heteroatoms. The number of amides is 3. The minimum absolute atomic E-state index is 0.0802. The maximum atomic E-state index is 12.4. The fourth-order valence-electron chi connectivity index (χ4n) is 4.78. The van der Waals surface area contributed by atoms with E-state index in [1.807, 2.05) is 42.5 Å². The number of aromatic nitrogens is 1. The van der Waals surface area contributed by atoms with Crippen LogP contribution in [-0.2, 0) is 38.5 Å². The predicted molar refractivity (Wildman–Crippen MR) is 156 cm³/mol. The van der Waals surface area contributed by atoms with E-state index in [9.17, 15) is 24.3 Å². The number of rotatable bonds is 15. The number of ether oxygens (including phenoxy) is 2. The summed E-state index contributed by atoms with van der Waals surface area (Å²) in [5.41, 5.74) is 2.63. The van der Waals surface area contributed by atoms with Crippen LogP contribution in [0.25, 0.3) is 0 Å². The number of nitrogens with one attached hydrogen (secondary N) is 2. The van der Waals surface area contributed by atoms with Gasteiger partial charge in [-0.3, -0.25) is 9.69 Å². The Morgan fingerprint density at radius 2 is 1.86 bits per heavy atom. The van der Waals surface area contributed by atoms with Gasteiger partial charge in [0.1, 0.15) is 18.5 Å². The Kier molecular flexibility index (Phi) is 13.0. The summed E-state index contributed by atoms with van der Waals surface area (Å²) in [6, 6.07) is 12.3. The number of methoxy groups -OCH3 is 1. The summed E-state index contributed by atoms with van der Waals surface area (Å²) in [5.74, 6) is -0.159. The maximum Gasteiger partial charge on any atom is 0.413 e. The van der Waals surface area contributed by atoms with Crippen LogP contribution in [0, 0.1) is 0 Å². The fourth-order valence-corrected chi connectivity index (χ4v) is 4.78. The van der Waals surface area contributed by atoms with Crippen molar-refractivity contribution >= 4 is 29.9 Å². The lowest BCUT2D eigenvalue weighted by Gasteiger charge is -2.26. The molecule has 3 amide bonds. The zero-order valence-electron chi connectivity index (χ0n) is 24.3. The number of hydrogen-bond acceptors (Lipinski definition) is 8. The van der Waals surface area contributed by atoms with Crippen molar-refractivity contribution in [3.8, 4) is 0 Å². The first-order valence-corrected chi connectivity index (χ1v) is 14.3. The molecule has 1 atom stereocenters. The van der Waals surface area contributed by atoms with E-state index in [1.54, 1.807) is 0 Å². The van der Waals surface area contributed by atoms with Crippen LogP contribution in [0.4, 0.5) is 15.4 Å². The van der Waals surface area contributed by atoms with E-state index in [2.05, 4.69) is 20.5 Å². The van der Waals surface area contributed by atoms with Crippen LogP contribution in [0.2, 0.25) is 0 Å². The molecule has 3 rings (SSSR count). The van der Waals surface area contributed by atoms with E-state index < -0.39 is 24.2 Å². The van der Waals surface area contributed by atoms with Crippen molar-refractivity contribution in [2.24, 2.45) is 0 Å². The second-order valence-corrected chi connectivity index (χ2v) is 10.2. The number of unbranched alkanes of at least 4 members (excludes halogenated alkanes) is 1. The molecule has 12 nitrogen and oxygen atoms in total. The van der Waals surface area contributed by atoms with E-state index in [0.29, 0.717) is 51.4 Å². The number of fused-ring (bicyclic) bond motifs is 1. The van der Waals surface area contributed by atoms with Crippen LogP contribution in [0.5, 0.6) is 0 Å². The molecule has 1 aromatic heterocycles. The summed E-state index contributed by atoms with van der Waals surface area (Å²) in [7, 11) is 1.27. The molecule has 2 heterocycles. The molecular formula is C30H41N5O7. The van der Waals surface area contributed by atoms with Crippen molar-refractivity contribution in [2.75, 3.05) is 44.7 Å². The highest BCUT2D eigenvalue weighted by Gasteiger charge is 2.25. The van der Waals surface area contributed by atoms with Crippen LogP contribution in [0.3, 0.4) is 0 Å². The Balaban J connectivity index is 1.52. The summed E-state index contributed by atoms with van der Waals surface area (Å²) < 4.78 is 10.2. The lowest BCUT2D eigenvalue weighted by molar-refractivity contribution is -0.143. The normalized spacial score (nSPS) is 13.2. The van der Waals surface area contributed by atoms with Crippen molar-refractivity contribution in [3.63, 3.8) is 0 Å². The Morgan fingerprint density at radius 1 is 1.07 bits per heavy atom. The molecule has 1 aliphatic heterocycles. The van der Waals surface area contributed by atoms with Crippen molar-refractivity contribution < 1.29 is 33.8 Å². The van der Waals surface area contributed by atoms with Crippen LogP contribution in [-0.4, -0.2) is 84.9 Å². The van der Waals surface area contributed by atoms with Gasteiger partial charge in [0.2, 0.25) is 5.91 Å². The number of aryl methyl sites for hydroxylation is 2. The second-order valence-electron chi connectivity index (χ2n) is 10.2. The van der Waals surface area contributed by atoms with Gasteiger partial charge >= 0.3 is 18.2 Å². The first-order chi connectivity index (χ1) is 20.3. The lowest BCUT2D eigenvalue weighted by Crippen LogP contribution is -2.44. The van der Waals surface area contributed by atoms with Gasteiger partial charge in [0.05, 0.1) is 7.11 Å². The quantitative estimate of drug-likeness (QED) is 0.212. The minimum atomic E-state index is -0.986. The molecule has 1 aliphatic rings. The molecule has 1 aromatic carbocycles. The SMILES string of the molecule is COC(=O)[C@H](CCN(CCCCc1ccc2c(n1)N(C(=O)O)CCC2)CCNC(C)=O)NC(=O)OCc1ccccc1. The zero-order valence-corrected chi connectivity index (χ0v) is 24.3. The highest BCUT2D eigenvalue weighted by atomic mass is 16.6. The van der Waals surface area contributed by atoms with Gasteiger partial charge in [-0.25, -0.2) is 19.4 Å². The number of alkyl carbamates (subject to hydrolysis) is 1. The molecule has 0 aliphatic carbocycles. The number of carbonyl (C=O) groups is 4. The van der Waals surface area contributed by atoms with Gasteiger partial charge in [-0.05, 0) is 62.3 Å². The number of hydrogen-bond donors (Lipinski definition) is 3. The number of benzene rings is 1. The number of anilines is 1. The molecule has 42 heavy (non-hydrogen) atoms. The van der Waals surface area contributed by atoms with Gasteiger partial charge in [-0.1, -0.05) is 36.4 Å². The zero-order chi connectivity index (χ0) is 30.3. The number of carbonyl (C=O) groups excluding carboxylic acids is 3. The largest absolute Gasteiger partial charge is 0.467 e. The third-order valence-electron chi connectivity index (χ3n) is 7.01. The molecule has 0 unspecified atom stereocenters. The Labute approximate surface area is 246 Å². The van der Waals surface area contributed by atoms with Crippen molar-refractivity contribution in [1.82, 2.24) is 20.5 Å². The Hall–Kier alpha value is -4.19. The van der Waals surface area contributed by atoms with E-state index in [1.165, 1.54) is 18.9 Å². The Morgan fingerprint density at radius 3 is 2.57 bits per heavy atom. The second kappa shape index (κ2) is 16.9. The third-order valence-corrected chi connectivity index (χ3v) is 7.01. The van der Waals surface area contributed by atoms with E-state index >= 15 is 0 Å². The van der Waals surface area contributed by atoms with E-state index in [0.717, 1.165) is 42.5 Å². The van der Waals surface area contributed by atoms with E-state index in [-0.39, 0.29) is 12.5 Å². The van der Waals surface area contributed by atoms with Crippen LogP contribution in [0.1, 0.15) is 49.4 Å². The number of carboxylic acid groups (broad SMARTS) is 1. The van der Waals surface area contributed by atoms with Crippen molar-refractivity contribution in [1.29, 1.82) is 0 Å². The summed E-state index contributed by atoms with van der Waals surface area (Å²) in [5, 5.41) is 14.9. The van der Waals surface area contributed by atoms with Crippen LogP contribution >= 0.6 is 0 Å². The lowest BCUT2D eigenvalue weighted by atomic mass is 10.0. The molecule has 0 saturated carbocycles. The van der Waals surface area contributed by atoms with Gasteiger partial charge in [0.15, 0.2) is 0 Å². The van der Waals surface area contributed by atoms with Gasteiger partial charge in [-0.15, -0.1) is 0 Å². The molecule has 0 saturated heterocycles. The smallest absolute Gasteiger partial charge is 0.413 e. The summed E-state index contributed by atoms with van der Waals surface area (Å²) >= 11 is 0. The molecule has 2 aromatic rings. The average molecular weight is 584 g/mol. The van der Waals surface area contributed by atoms with Crippen LogP contribution in [0.15, 0.2) is 42.5 Å².